The third-order valence-corrected chi connectivity index (χ3v) is 3.94. The minimum Gasteiger partial charge on any atom is -0.337 e. The first kappa shape index (κ1) is 11.6. The van der Waals surface area contributed by atoms with Crippen molar-refractivity contribution >= 4 is 11.9 Å². The van der Waals surface area contributed by atoms with Crippen molar-refractivity contribution in [3.8, 4) is 0 Å². The Hall–Kier alpha value is -1.43. The van der Waals surface area contributed by atoms with Crippen molar-refractivity contribution in [1.82, 2.24) is 15.5 Å². The summed E-state index contributed by atoms with van der Waals surface area (Å²) in [6.45, 7) is 2.68. The molecule has 3 unspecified atom stereocenters. The van der Waals surface area contributed by atoms with E-state index in [4.69, 9.17) is 4.52 Å². The fraction of sp³-hybridized carbons (Fsp3) is 0.750. The summed E-state index contributed by atoms with van der Waals surface area (Å²) in [7, 11) is 1.83. The van der Waals surface area contributed by atoms with E-state index in [-0.39, 0.29) is 11.9 Å². The number of anilines is 1. The zero-order valence-corrected chi connectivity index (χ0v) is 10.7. The summed E-state index contributed by atoms with van der Waals surface area (Å²) in [5.74, 6) is 2.35. The summed E-state index contributed by atoms with van der Waals surface area (Å²) in [4.78, 5) is 18.3. The molecule has 1 aromatic rings. The molecule has 2 aliphatic rings. The highest BCUT2D eigenvalue weighted by atomic mass is 16.5. The van der Waals surface area contributed by atoms with Gasteiger partial charge >= 0.3 is 0 Å². The van der Waals surface area contributed by atoms with Crippen molar-refractivity contribution in [3.05, 3.63) is 5.89 Å². The van der Waals surface area contributed by atoms with Gasteiger partial charge in [0.15, 0.2) is 0 Å². The SMILES string of the molecule is CCc1nc(N2CC3CC3CC(NC)C2=O)no1. The fourth-order valence-electron chi connectivity index (χ4n) is 2.66. The lowest BCUT2D eigenvalue weighted by atomic mass is 10.1. The summed E-state index contributed by atoms with van der Waals surface area (Å²) >= 11 is 0. The maximum atomic E-state index is 12.4. The summed E-state index contributed by atoms with van der Waals surface area (Å²) in [5, 5.41) is 7.01. The molecular weight excluding hydrogens is 232 g/mol. The second kappa shape index (κ2) is 4.35. The van der Waals surface area contributed by atoms with Crippen LogP contribution >= 0.6 is 0 Å². The number of fused-ring (bicyclic) bond motifs is 1. The molecule has 1 aliphatic heterocycles. The molecule has 6 nitrogen and oxygen atoms in total. The van der Waals surface area contributed by atoms with Gasteiger partial charge in [0.2, 0.25) is 11.8 Å². The van der Waals surface area contributed by atoms with Crippen LogP contribution in [-0.4, -0.2) is 35.7 Å². The highest BCUT2D eigenvalue weighted by molar-refractivity contribution is 5.96. The lowest BCUT2D eigenvalue weighted by Gasteiger charge is -2.21. The number of carbonyl (C=O) groups excluding carboxylic acids is 1. The van der Waals surface area contributed by atoms with E-state index in [1.807, 2.05) is 14.0 Å². The van der Waals surface area contributed by atoms with E-state index >= 15 is 0 Å². The molecule has 98 valence electrons. The van der Waals surface area contributed by atoms with Crippen molar-refractivity contribution < 1.29 is 9.32 Å². The van der Waals surface area contributed by atoms with Gasteiger partial charge in [-0.1, -0.05) is 6.92 Å². The zero-order chi connectivity index (χ0) is 12.7. The number of hydrogen-bond acceptors (Lipinski definition) is 5. The van der Waals surface area contributed by atoms with E-state index in [9.17, 15) is 4.79 Å². The van der Waals surface area contributed by atoms with Crippen molar-refractivity contribution in [3.63, 3.8) is 0 Å². The van der Waals surface area contributed by atoms with E-state index < -0.39 is 0 Å². The highest BCUT2D eigenvalue weighted by Crippen LogP contribution is 2.45. The number of likely N-dealkylation sites (N-methyl/N-ethyl adjacent to an activating group) is 1. The lowest BCUT2D eigenvalue weighted by Crippen LogP contribution is -2.45. The van der Waals surface area contributed by atoms with Gasteiger partial charge in [-0.25, -0.2) is 0 Å². The topological polar surface area (TPSA) is 71.3 Å². The van der Waals surface area contributed by atoms with Gasteiger partial charge in [0, 0.05) is 13.0 Å². The lowest BCUT2D eigenvalue weighted by molar-refractivity contribution is -0.120. The van der Waals surface area contributed by atoms with Crippen LogP contribution in [0.3, 0.4) is 0 Å². The van der Waals surface area contributed by atoms with Gasteiger partial charge in [0.05, 0.1) is 6.04 Å². The van der Waals surface area contributed by atoms with E-state index in [0.717, 1.165) is 13.0 Å². The molecule has 18 heavy (non-hydrogen) atoms. The van der Waals surface area contributed by atoms with Crippen LogP contribution in [0.2, 0.25) is 0 Å². The minimum atomic E-state index is -0.119. The van der Waals surface area contributed by atoms with Gasteiger partial charge in [-0.05, 0) is 36.9 Å². The Kier molecular flexibility index (Phi) is 2.81. The number of rotatable bonds is 3. The predicted molar refractivity (Wildman–Crippen MR) is 65.1 cm³/mol. The molecule has 2 fully saturated rings. The molecule has 1 aliphatic carbocycles. The molecule has 1 saturated carbocycles. The maximum absolute atomic E-state index is 12.4. The molecule has 0 radical (unpaired) electrons. The quantitative estimate of drug-likeness (QED) is 0.850. The van der Waals surface area contributed by atoms with Crippen LogP contribution in [-0.2, 0) is 11.2 Å². The first-order valence-electron chi connectivity index (χ1n) is 6.54. The van der Waals surface area contributed by atoms with E-state index in [1.54, 1.807) is 4.90 Å². The number of nitrogens with zero attached hydrogens (tertiary/aromatic N) is 3. The van der Waals surface area contributed by atoms with Crippen LogP contribution in [0, 0.1) is 11.8 Å². The Morgan fingerprint density at radius 1 is 1.44 bits per heavy atom. The first-order valence-corrected chi connectivity index (χ1v) is 6.54. The third-order valence-electron chi connectivity index (χ3n) is 3.94. The molecular formula is C12H18N4O2. The second-order valence-electron chi connectivity index (χ2n) is 5.12. The number of carbonyl (C=O) groups is 1. The maximum Gasteiger partial charge on any atom is 0.272 e. The van der Waals surface area contributed by atoms with Crippen LogP contribution in [0.5, 0.6) is 0 Å². The largest absolute Gasteiger partial charge is 0.337 e. The van der Waals surface area contributed by atoms with Gasteiger partial charge < -0.3 is 9.84 Å². The Morgan fingerprint density at radius 3 is 2.94 bits per heavy atom. The summed E-state index contributed by atoms with van der Waals surface area (Å²) < 4.78 is 5.10. The summed E-state index contributed by atoms with van der Waals surface area (Å²) in [6, 6.07) is -0.119. The van der Waals surface area contributed by atoms with Crippen LogP contribution < -0.4 is 10.2 Å². The Labute approximate surface area is 106 Å². The average Bonchev–Trinajstić information content (AvgIpc) is 2.97. The Balaban J connectivity index is 1.86. The van der Waals surface area contributed by atoms with Gasteiger partial charge in [-0.3, -0.25) is 9.69 Å². The van der Waals surface area contributed by atoms with E-state index in [0.29, 0.717) is 30.1 Å². The normalized spacial score (nSPS) is 31.1. The van der Waals surface area contributed by atoms with E-state index in [2.05, 4.69) is 15.5 Å². The van der Waals surface area contributed by atoms with Gasteiger partial charge in [-0.2, -0.15) is 4.98 Å². The monoisotopic (exact) mass is 250 g/mol. The zero-order valence-electron chi connectivity index (χ0n) is 10.7. The molecule has 1 N–H and O–H groups in total. The summed E-state index contributed by atoms with van der Waals surface area (Å²) in [6.07, 6.45) is 2.83. The molecule has 6 heteroatoms. The second-order valence-corrected chi connectivity index (χ2v) is 5.12. The van der Waals surface area contributed by atoms with Crippen LogP contribution in [0.15, 0.2) is 4.52 Å². The van der Waals surface area contributed by atoms with Gasteiger partial charge in [0.1, 0.15) is 0 Å². The van der Waals surface area contributed by atoms with Crippen LogP contribution in [0.25, 0.3) is 0 Å². The van der Waals surface area contributed by atoms with Crippen molar-refractivity contribution in [2.45, 2.75) is 32.2 Å². The third kappa shape index (κ3) is 1.90. The van der Waals surface area contributed by atoms with Crippen molar-refractivity contribution in [2.24, 2.45) is 11.8 Å². The summed E-state index contributed by atoms with van der Waals surface area (Å²) in [5.41, 5.74) is 0. The molecule has 1 amide bonds. The Bertz CT molecular complexity index is 459. The predicted octanol–water partition coefficient (Wildman–Crippen LogP) is 0.593. The molecule has 2 heterocycles. The standard InChI is InChI=1S/C12H18N4O2/c1-3-10-14-12(15-18-10)16-6-8-4-7(8)5-9(13-2)11(16)17/h7-9,13H,3-6H2,1-2H3. The molecule has 0 spiro atoms. The number of nitrogens with one attached hydrogen (secondary N) is 1. The number of hydrogen-bond donors (Lipinski definition) is 1. The number of aromatic nitrogens is 2. The minimum absolute atomic E-state index is 0.0631. The molecule has 1 aromatic heterocycles. The van der Waals surface area contributed by atoms with Gasteiger partial charge in [-0.15, -0.1) is 0 Å². The van der Waals surface area contributed by atoms with E-state index in [1.165, 1.54) is 6.42 Å². The molecule has 3 atom stereocenters. The smallest absolute Gasteiger partial charge is 0.272 e. The van der Waals surface area contributed by atoms with Crippen molar-refractivity contribution in [2.75, 3.05) is 18.5 Å². The molecule has 0 aromatic carbocycles. The fourth-order valence-corrected chi connectivity index (χ4v) is 2.66. The number of amides is 1. The Morgan fingerprint density at radius 2 is 2.28 bits per heavy atom. The molecule has 1 saturated heterocycles. The van der Waals surface area contributed by atoms with Gasteiger partial charge in [0.25, 0.3) is 5.95 Å². The van der Waals surface area contributed by atoms with Crippen LogP contribution in [0.1, 0.15) is 25.7 Å². The van der Waals surface area contributed by atoms with Crippen LogP contribution in [0.4, 0.5) is 5.95 Å². The molecule has 0 bridgehead atoms. The highest BCUT2D eigenvalue weighted by Gasteiger charge is 2.46. The first-order chi connectivity index (χ1) is 8.72. The molecule has 3 rings (SSSR count). The number of aryl methyl sites for hydroxylation is 1. The average molecular weight is 250 g/mol. The van der Waals surface area contributed by atoms with Crippen molar-refractivity contribution in [1.29, 1.82) is 0 Å².